The van der Waals surface area contributed by atoms with Crippen LogP contribution >= 0.6 is 0 Å². The zero-order chi connectivity index (χ0) is 15.2. The third kappa shape index (κ3) is 3.56. The van der Waals surface area contributed by atoms with Crippen LogP contribution in [0.5, 0.6) is 11.5 Å². The van der Waals surface area contributed by atoms with Crippen molar-refractivity contribution in [2.24, 2.45) is 0 Å². The molecule has 0 fully saturated rings. The molecule has 112 valence electrons. The first-order valence-corrected chi connectivity index (χ1v) is 7.21. The van der Waals surface area contributed by atoms with E-state index in [4.69, 9.17) is 9.47 Å². The van der Waals surface area contributed by atoms with E-state index in [1.54, 1.807) is 14.2 Å². The summed E-state index contributed by atoms with van der Waals surface area (Å²) in [4.78, 5) is 0. The van der Waals surface area contributed by atoms with Gasteiger partial charge in [-0.3, -0.25) is 0 Å². The smallest absolute Gasteiger partial charge is 0.122 e. The summed E-state index contributed by atoms with van der Waals surface area (Å²) in [7, 11) is 3.39. The van der Waals surface area contributed by atoms with Crippen molar-refractivity contribution in [3.63, 3.8) is 0 Å². The van der Waals surface area contributed by atoms with Crippen LogP contribution in [0.15, 0.2) is 42.5 Å². The molecule has 0 bridgehead atoms. The summed E-state index contributed by atoms with van der Waals surface area (Å²) in [6.07, 6.45) is 0. The van der Waals surface area contributed by atoms with E-state index in [-0.39, 0.29) is 6.04 Å². The minimum atomic E-state index is 0.149. The Balaban J connectivity index is 2.37. The largest absolute Gasteiger partial charge is 0.497 e. The maximum atomic E-state index is 5.44. The topological polar surface area (TPSA) is 30.5 Å². The summed E-state index contributed by atoms with van der Waals surface area (Å²) in [5, 5.41) is 3.53. The average Bonchev–Trinajstić information content (AvgIpc) is 2.53. The highest BCUT2D eigenvalue weighted by Gasteiger charge is 2.14. The van der Waals surface area contributed by atoms with E-state index in [9.17, 15) is 0 Å². The lowest BCUT2D eigenvalue weighted by atomic mass is 9.97. The molecule has 0 saturated carbocycles. The second-order valence-corrected chi connectivity index (χ2v) is 4.99. The fourth-order valence-electron chi connectivity index (χ4n) is 2.44. The first-order chi connectivity index (χ1) is 10.2. The molecule has 0 aromatic heterocycles. The molecular formula is C18H23NO2. The fraction of sp³-hybridized carbons (Fsp3) is 0.333. The van der Waals surface area contributed by atoms with Crippen LogP contribution in [-0.2, 0) is 0 Å². The summed E-state index contributed by atoms with van der Waals surface area (Å²) in [5.41, 5.74) is 3.55. The van der Waals surface area contributed by atoms with Gasteiger partial charge in [-0.1, -0.05) is 31.2 Å². The van der Waals surface area contributed by atoms with Crippen LogP contribution in [0.1, 0.15) is 29.7 Å². The van der Waals surface area contributed by atoms with Crippen LogP contribution in [0.3, 0.4) is 0 Å². The van der Waals surface area contributed by atoms with Crippen molar-refractivity contribution in [1.29, 1.82) is 0 Å². The number of ether oxygens (including phenoxy) is 2. The van der Waals surface area contributed by atoms with Gasteiger partial charge < -0.3 is 14.8 Å². The number of hydrogen-bond acceptors (Lipinski definition) is 3. The molecule has 21 heavy (non-hydrogen) atoms. The predicted molar refractivity (Wildman–Crippen MR) is 86.2 cm³/mol. The Kier molecular flexibility index (Phi) is 5.23. The fourth-order valence-corrected chi connectivity index (χ4v) is 2.44. The number of hydrogen-bond donors (Lipinski definition) is 1. The molecule has 0 aliphatic carbocycles. The minimum absolute atomic E-state index is 0.149. The van der Waals surface area contributed by atoms with E-state index in [0.29, 0.717) is 0 Å². The highest BCUT2D eigenvalue weighted by Crippen LogP contribution is 2.28. The Morgan fingerprint density at radius 3 is 2.19 bits per heavy atom. The second kappa shape index (κ2) is 7.14. The van der Waals surface area contributed by atoms with Crippen molar-refractivity contribution < 1.29 is 9.47 Å². The van der Waals surface area contributed by atoms with Crippen molar-refractivity contribution in [3.8, 4) is 11.5 Å². The molecule has 1 atom stereocenters. The van der Waals surface area contributed by atoms with E-state index in [1.807, 2.05) is 12.1 Å². The zero-order valence-electron chi connectivity index (χ0n) is 13.1. The molecule has 0 saturated heterocycles. The van der Waals surface area contributed by atoms with E-state index in [0.717, 1.165) is 23.6 Å². The number of aryl methyl sites for hydroxylation is 1. The van der Waals surface area contributed by atoms with Gasteiger partial charge in [-0.25, -0.2) is 0 Å². The molecule has 3 heteroatoms. The molecule has 0 heterocycles. The van der Waals surface area contributed by atoms with Crippen LogP contribution in [0.2, 0.25) is 0 Å². The molecule has 0 radical (unpaired) electrons. The number of methoxy groups -OCH3 is 2. The van der Waals surface area contributed by atoms with Crippen LogP contribution < -0.4 is 14.8 Å². The van der Waals surface area contributed by atoms with Crippen molar-refractivity contribution in [2.45, 2.75) is 19.9 Å². The van der Waals surface area contributed by atoms with E-state index >= 15 is 0 Å². The van der Waals surface area contributed by atoms with Gasteiger partial charge in [-0.2, -0.15) is 0 Å². The van der Waals surface area contributed by atoms with Gasteiger partial charge >= 0.3 is 0 Å². The van der Waals surface area contributed by atoms with Crippen molar-refractivity contribution >= 4 is 0 Å². The summed E-state index contributed by atoms with van der Waals surface area (Å²) >= 11 is 0. The van der Waals surface area contributed by atoms with Crippen molar-refractivity contribution in [3.05, 3.63) is 59.2 Å². The highest BCUT2D eigenvalue weighted by atomic mass is 16.5. The quantitative estimate of drug-likeness (QED) is 0.877. The third-order valence-corrected chi connectivity index (χ3v) is 3.62. The summed E-state index contributed by atoms with van der Waals surface area (Å²) in [5.74, 6) is 1.79. The maximum Gasteiger partial charge on any atom is 0.122 e. The van der Waals surface area contributed by atoms with Gasteiger partial charge in [0, 0.05) is 0 Å². The number of nitrogens with one attached hydrogen (secondary N) is 1. The Bertz CT molecular complexity index is 578. The standard InChI is InChI=1S/C18H23NO2/c1-5-19-18(14-8-10-16(20-3)11-9-14)15-7-6-13(2)17(12-15)21-4/h6-12,18-19H,5H2,1-4H3. The van der Waals surface area contributed by atoms with Crippen LogP contribution in [0, 0.1) is 6.92 Å². The Hall–Kier alpha value is -2.00. The molecular weight excluding hydrogens is 262 g/mol. The Morgan fingerprint density at radius 2 is 1.62 bits per heavy atom. The van der Waals surface area contributed by atoms with Gasteiger partial charge in [-0.05, 0) is 48.4 Å². The van der Waals surface area contributed by atoms with Crippen molar-refractivity contribution in [1.82, 2.24) is 5.32 Å². The van der Waals surface area contributed by atoms with Crippen LogP contribution in [0.4, 0.5) is 0 Å². The normalized spacial score (nSPS) is 12.0. The molecule has 3 nitrogen and oxygen atoms in total. The SMILES string of the molecule is CCNC(c1ccc(OC)cc1)c1ccc(C)c(OC)c1. The molecule has 2 rings (SSSR count). The summed E-state index contributed by atoms with van der Waals surface area (Å²) in [6, 6.07) is 14.7. The molecule has 0 amide bonds. The molecule has 0 aliphatic rings. The Morgan fingerprint density at radius 1 is 0.952 bits per heavy atom. The molecule has 0 spiro atoms. The van der Waals surface area contributed by atoms with E-state index in [2.05, 4.69) is 49.5 Å². The molecule has 2 aromatic rings. The molecule has 1 unspecified atom stereocenters. The lowest BCUT2D eigenvalue weighted by Gasteiger charge is -2.20. The number of rotatable bonds is 6. The third-order valence-electron chi connectivity index (χ3n) is 3.62. The van der Waals surface area contributed by atoms with E-state index < -0.39 is 0 Å². The number of benzene rings is 2. The monoisotopic (exact) mass is 285 g/mol. The van der Waals surface area contributed by atoms with Gasteiger partial charge in [-0.15, -0.1) is 0 Å². The van der Waals surface area contributed by atoms with Gasteiger partial charge in [0.25, 0.3) is 0 Å². The molecule has 2 aromatic carbocycles. The molecule has 1 N–H and O–H groups in total. The summed E-state index contributed by atoms with van der Waals surface area (Å²) in [6.45, 7) is 5.06. The maximum absolute atomic E-state index is 5.44. The first-order valence-electron chi connectivity index (χ1n) is 7.21. The first kappa shape index (κ1) is 15.4. The second-order valence-electron chi connectivity index (χ2n) is 4.99. The van der Waals surface area contributed by atoms with Gasteiger partial charge in [0.05, 0.1) is 20.3 Å². The highest BCUT2D eigenvalue weighted by molar-refractivity contribution is 5.42. The van der Waals surface area contributed by atoms with Gasteiger partial charge in [0.2, 0.25) is 0 Å². The predicted octanol–water partition coefficient (Wildman–Crippen LogP) is 3.71. The average molecular weight is 285 g/mol. The minimum Gasteiger partial charge on any atom is -0.497 e. The Labute approximate surface area is 126 Å². The zero-order valence-corrected chi connectivity index (χ0v) is 13.1. The van der Waals surface area contributed by atoms with E-state index in [1.165, 1.54) is 11.1 Å². The summed E-state index contributed by atoms with van der Waals surface area (Å²) < 4.78 is 10.7. The van der Waals surface area contributed by atoms with Gasteiger partial charge in [0.1, 0.15) is 11.5 Å². The van der Waals surface area contributed by atoms with Gasteiger partial charge in [0.15, 0.2) is 0 Å². The lowest BCUT2D eigenvalue weighted by Crippen LogP contribution is -2.22. The van der Waals surface area contributed by atoms with Crippen LogP contribution in [0.25, 0.3) is 0 Å². The molecule has 0 aliphatic heterocycles. The lowest BCUT2D eigenvalue weighted by molar-refractivity contribution is 0.410. The van der Waals surface area contributed by atoms with Crippen molar-refractivity contribution in [2.75, 3.05) is 20.8 Å². The van der Waals surface area contributed by atoms with Crippen LogP contribution in [-0.4, -0.2) is 20.8 Å².